The van der Waals surface area contributed by atoms with Gasteiger partial charge in [-0.25, -0.2) is 9.97 Å². The highest BCUT2D eigenvalue weighted by Crippen LogP contribution is 2.10. The van der Waals surface area contributed by atoms with E-state index in [1.54, 1.807) is 24.8 Å². The van der Waals surface area contributed by atoms with Crippen LogP contribution in [0.15, 0.2) is 30.9 Å². The third-order valence-electron chi connectivity index (χ3n) is 1.77. The molecule has 0 fully saturated rings. The summed E-state index contributed by atoms with van der Waals surface area (Å²) in [6, 6.07) is 3.63. The number of hydrogen-bond acceptors (Lipinski definition) is 3. The summed E-state index contributed by atoms with van der Waals surface area (Å²) in [4.78, 5) is 10.9. The highest BCUT2D eigenvalue weighted by Gasteiger charge is 1.95. The topological polar surface area (TPSA) is 53.6 Å². The van der Waals surface area contributed by atoms with E-state index in [0.29, 0.717) is 11.7 Å². The molecular formula is C9H9ClN4. The molecule has 0 saturated heterocycles. The average molecular weight is 209 g/mol. The van der Waals surface area contributed by atoms with Gasteiger partial charge in [-0.2, -0.15) is 0 Å². The number of aromatic nitrogens is 3. The molecule has 4 nitrogen and oxygen atoms in total. The van der Waals surface area contributed by atoms with Gasteiger partial charge in [-0.3, -0.25) is 0 Å². The first-order chi connectivity index (χ1) is 6.84. The Labute approximate surface area is 86.4 Å². The number of nitrogens with one attached hydrogen (secondary N) is 2. The molecule has 2 aromatic heterocycles. The third kappa shape index (κ3) is 2.23. The van der Waals surface area contributed by atoms with Crippen molar-refractivity contribution in [1.82, 2.24) is 15.0 Å². The zero-order valence-corrected chi connectivity index (χ0v) is 8.12. The number of halogens is 1. The number of hydrogen-bond donors (Lipinski definition) is 2. The first-order valence-corrected chi connectivity index (χ1v) is 4.55. The Morgan fingerprint density at radius 3 is 2.93 bits per heavy atom. The maximum absolute atomic E-state index is 5.66. The Hall–Kier alpha value is -1.55. The van der Waals surface area contributed by atoms with E-state index in [4.69, 9.17) is 11.6 Å². The van der Waals surface area contributed by atoms with Crippen LogP contribution in [0.2, 0.25) is 5.15 Å². The fraction of sp³-hybridized carbons (Fsp3) is 0.111. The van der Waals surface area contributed by atoms with Gasteiger partial charge < -0.3 is 10.3 Å². The molecule has 0 atom stereocenters. The van der Waals surface area contributed by atoms with Crippen LogP contribution in [-0.4, -0.2) is 15.0 Å². The van der Waals surface area contributed by atoms with Crippen LogP contribution in [0.4, 0.5) is 5.69 Å². The highest BCUT2D eigenvalue weighted by molar-refractivity contribution is 6.29. The lowest BCUT2D eigenvalue weighted by molar-refractivity contribution is 1.07. The van der Waals surface area contributed by atoms with E-state index in [-0.39, 0.29) is 0 Å². The van der Waals surface area contributed by atoms with Crippen molar-refractivity contribution in [3.8, 4) is 0 Å². The summed E-state index contributed by atoms with van der Waals surface area (Å²) in [7, 11) is 0. The van der Waals surface area contributed by atoms with E-state index in [1.165, 1.54) is 0 Å². The molecular weight excluding hydrogens is 200 g/mol. The van der Waals surface area contributed by atoms with Gasteiger partial charge in [-0.05, 0) is 12.1 Å². The van der Waals surface area contributed by atoms with E-state index in [9.17, 15) is 0 Å². The van der Waals surface area contributed by atoms with E-state index in [2.05, 4.69) is 20.3 Å². The number of anilines is 1. The standard InChI is InChI=1S/C9H9ClN4/c10-9-2-1-7(4-13-9)12-5-8-3-11-6-14-8/h1-4,6,12H,5H2,(H,11,14). The van der Waals surface area contributed by atoms with Crippen molar-refractivity contribution < 1.29 is 0 Å². The summed E-state index contributed by atoms with van der Waals surface area (Å²) in [6.07, 6.45) is 5.12. The van der Waals surface area contributed by atoms with Gasteiger partial charge in [0.05, 0.1) is 30.5 Å². The molecule has 0 aliphatic rings. The molecule has 72 valence electrons. The first kappa shape index (κ1) is 9.02. The van der Waals surface area contributed by atoms with Crippen molar-refractivity contribution in [1.29, 1.82) is 0 Å². The molecule has 0 unspecified atom stereocenters. The number of pyridine rings is 1. The van der Waals surface area contributed by atoms with Crippen molar-refractivity contribution in [2.24, 2.45) is 0 Å². The van der Waals surface area contributed by atoms with Crippen molar-refractivity contribution in [3.05, 3.63) is 41.7 Å². The summed E-state index contributed by atoms with van der Waals surface area (Å²) in [5.74, 6) is 0. The average Bonchev–Trinajstić information content (AvgIpc) is 2.70. The number of H-pyrrole nitrogens is 1. The van der Waals surface area contributed by atoms with Crippen LogP contribution >= 0.6 is 11.6 Å². The molecule has 14 heavy (non-hydrogen) atoms. The van der Waals surface area contributed by atoms with Gasteiger partial charge in [0.15, 0.2) is 0 Å². The lowest BCUT2D eigenvalue weighted by Gasteiger charge is -2.03. The van der Waals surface area contributed by atoms with Crippen LogP contribution in [0, 0.1) is 0 Å². The largest absolute Gasteiger partial charge is 0.378 e. The molecule has 0 aliphatic carbocycles. The van der Waals surface area contributed by atoms with Crippen LogP contribution in [-0.2, 0) is 6.54 Å². The normalized spacial score (nSPS) is 10.1. The predicted octanol–water partition coefficient (Wildman–Crippen LogP) is 2.07. The maximum atomic E-state index is 5.66. The second kappa shape index (κ2) is 4.11. The lowest BCUT2D eigenvalue weighted by atomic mass is 10.4. The van der Waals surface area contributed by atoms with Gasteiger partial charge in [-0.1, -0.05) is 11.6 Å². The Morgan fingerprint density at radius 1 is 1.36 bits per heavy atom. The molecule has 2 heterocycles. The van der Waals surface area contributed by atoms with Crippen LogP contribution in [0.25, 0.3) is 0 Å². The van der Waals surface area contributed by atoms with Crippen molar-refractivity contribution in [3.63, 3.8) is 0 Å². The molecule has 0 aliphatic heterocycles. The monoisotopic (exact) mass is 208 g/mol. The number of imidazole rings is 1. The smallest absolute Gasteiger partial charge is 0.129 e. The summed E-state index contributed by atoms with van der Waals surface area (Å²) >= 11 is 5.66. The van der Waals surface area contributed by atoms with E-state index >= 15 is 0 Å². The Morgan fingerprint density at radius 2 is 2.29 bits per heavy atom. The van der Waals surface area contributed by atoms with Crippen LogP contribution < -0.4 is 5.32 Å². The highest BCUT2D eigenvalue weighted by atomic mass is 35.5. The Kier molecular flexibility index (Phi) is 2.65. The maximum Gasteiger partial charge on any atom is 0.129 e. The fourth-order valence-corrected chi connectivity index (χ4v) is 1.17. The van der Waals surface area contributed by atoms with E-state index in [1.807, 2.05) is 6.07 Å². The van der Waals surface area contributed by atoms with Crippen LogP contribution in [0.1, 0.15) is 5.69 Å². The van der Waals surface area contributed by atoms with Crippen LogP contribution in [0.5, 0.6) is 0 Å². The van der Waals surface area contributed by atoms with Gasteiger partial charge >= 0.3 is 0 Å². The second-order valence-electron chi connectivity index (χ2n) is 2.80. The van der Waals surface area contributed by atoms with Gasteiger partial charge in [-0.15, -0.1) is 0 Å². The van der Waals surface area contributed by atoms with E-state index < -0.39 is 0 Å². The zero-order valence-electron chi connectivity index (χ0n) is 7.37. The molecule has 5 heteroatoms. The number of rotatable bonds is 3. The molecule has 0 aromatic carbocycles. The van der Waals surface area contributed by atoms with E-state index in [0.717, 1.165) is 11.4 Å². The summed E-state index contributed by atoms with van der Waals surface area (Å²) in [5.41, 5.74) is 1.96. The number of nitrogens with zero attached hydrogens (tertiary/aromatic N) is 2. The van der Waals surface area contributed by atoms with Crippen molar-refractivity contribution >= 4 is 17.3 Å². The molecule has 0 spiro atoms. The minimum atomic E-state index is 0.497. The Bertz CT molecular complexity index is 382. The van der Waals surface area contributed by atoms with Gasteiger partial charge in [0, 0.05) is 6.20 Å². The fourth-order valence-electron chi connectivity index (χ4n) is 1.06. The van der Waals surface area contributed by atoms with Crippen molar-refractivity contribution in [2.75, 3.05) is 5.32 Å². The molecule has 0 saturated carbocycles. The summed E-state index contributed by atoms with van der Waals surface area (Å²) in [6.45, 7) is 0.698. The van der Waals surface area contributed by atoms with Gasteiger partial charge in [0.1, 0.15) is 5.15 Å². The zero-order chi connectivity index (χ0) is 9.80. The first-order valence-electron chi connectivity index (χ1n) is 4.17. The molecule has 0 bridgehead atoms. The van der Waals surface area contributed by atoms with Crippen LogP contribution in [0.3, 0.4) is 0 Å². The minimum absolute atomic E-state index is 0.497. The van der Waals surface area contributed by atoms with Gasteiger partial charge in [0.25, 0.3) is 0 Å². The third-order valence-corrected chi connectivity index (χ3v) is 1.99. The molecule has 2 rings (SSSR count). The molecule has 2 N–H and O–H groups in total. The number of aromatic amines is 1. The molecule has 0 radical (unpaired) electrons. The summed E-state index contributed by atoms with van der Waals surface area (Å²) < 4.78 is 0. The second-order valence-corrected chi connectivity index (χ2v) is 3.19. The predicted molar refractivity (Wildman–Crippen MR) is 55.2 cm³/mol. The SMILES string of the molecule is Clc1ccc(NCc2cnc[nH]2)cn1. The van der Waals surface area contributed by atoms with Gasteiger partial charge in [0.2, 0.25) is 0 Å². The molecule has 2 aromatic rings. The molecule has 0 amide bonds. The quantitative estimate of drug-likeness (QED) is 0.760. The summed E-state index contributed by atoms with van der Waals surface area (Å²) in [5, 5.41) is 3.68. The minimum Gasteiger partial charge on any atom is -0.378 e. The Balaban J connectivity index is 1.95. The van der Waals surface area contributed by atoms with Crippen molar-refractivity contribution in [2.45, 2.75) is 6.54 Å². The lowest BCUT2D eigenvalue weighted by Crippen LogP contribution is -1.99.